The maximum absolute atomic E-state index is 6.28. The maximum atomic E-state index is 6.28. The van der Waals surface area contributed by atoms with E-state index in [1.54, 1.807) is 0 Å². The lowest BCUT2D eigenvalue weighted by molar-refractivity contribution is 0.796. The Morgan fingerprint density at radius 2 is 1.90 bits per heavy atom. The van der Waals surface area contributed by atoms with E-state index in [9.17, 15) is 0 Å². The number of para-hydroxylation sites is 1. The number of benzene rings is 2. The minimum atomic E-state index is 0.710. The molecule has 0 atom stereocenters. The molecule has 1 N–H and O–H groups in total. The van der Waals surface area contributed by atoms with Crippen molar-refractivity contribution in [3.63, 3.8) is 0 Å². The average molecular weight is 319 g/mol. The SMILES string of the molecule is CNCc1cccc2ccn(Cc3cc(Cl)ccc3Cl)c12. The van der Waals surface area contributed by atoms with Crippen LogP contribution in [0.2, 0.25) is 10.0 Å². The molecule has 1 heterocycles. The van der Waals surface area contributed by atoms with Crippen LogP contribution < -0.4 is 5.32 Å². The maximum Gasteiger partial charge on any atom is 0.0529 e. The van der Waals surface area contributed by atoms with Crippen molar-refractivity contribution in [1.29, 1.82) is 0 Å². The molecule has 2 aromatic carbocycles. The number of fused-ring (bicyclic) bond motifs is 1. The van der Waals surface area contributed by atoms with Gasteiger partial charge in [0.1, 0.15) is 0 Å². The first-order chi connectivity index (χ1) is 10.2. The summed E-state index contributed by atoms with van der Waals surface area (Å²) in [6.07, 6.45) is 2.10. The Morgan fingerprint density at radius 3 is 2.71 bits per heavy atom. The van der Waals surface area contributed by atoms with Crippen molar-refractivity contribution < 1.29 is 0 Å². The molecule has 108 valence electrons. The van der Waals surface area contributed by atoms with E-state index in [0.717, 1.165) is 17.1 Å². The fourth-order valence-electron chi connectivity index (χ4n) is 2.65. The molecule has 0 spiro atoms. The highest BCUT2D eigenvalue weighted by molar-refractivity contribution is 6.33. The van der Waals surface area contributed by atoms with E-state index in [1.165, 1.54) is 16.5 Å². The Morgan fingerprint density at radius 1 is 1.05 bits per heavy atom. The van der Waals surface area contributed by atoms with Crippen molar-refractivity contribution in [1.82, 2.24) is 9.88 Å². The van der Waals surface area contributed by atoms with Crippen LogP contribution in [0.1, 0.15) is 11.1 Å². The van der Waals surface area contributed by atoms with E-state index in [0.29, 0.717) is 11.6 Å². The van der Waals surface area contributed by atoms with Crippen LogP contribution in [0.15, 0.2) is 48.7 Å². The third-order valence-electron chi connectivity index (χ3n) is 3.59. The van der Waals surface area contributed by atoms with Crippen LogP contribution in [-0.4, -0.2) is 11.6 Å². The molecule has 0 amide bonds. The predicted octanol–water partition coefficient (Wildman–Crippen LogP) is 4.72. The van der Waals surface area contributed by atoms with Crippen molar-refractivity contribution in [2.24, 2.45) is 0 Å². The van der Waals surface area contributed by atoms with Crippen molar-refractivity contribution in [2.45, 2.75) is 13.1 Å². The van der Waals surface area contributed by atoms with Gasteiger partial charge in [-0.15, -0.1) is 0 Å². The number of aromatic nitrogens is 1. The van der Waals surface area contributed by atoms with E-state index in [1.807, 2.05) is 25.2 Å². The third kappa shape index (κ3) is 2.93. The van der Waals surface area contributed by atoms with Gasteiger partial charge in [0, 0.05) is 29.3 Å². The zero-order chi connectivity index (χ0) is 14.8. The number of hydrogen-bond donors (Lipinski definition) is 1. The lowest BCUT2D eigenvalue weighted by atomic mass is 10.1. The Hall–Kier alpha value is -1.48. The minimum absolute atomic E-state index is 0.710. The minimum Gasteiger partial charge on any atom is -0.343 e. The smallest absolute Gasteiger partial charge is 0.0529 e. The standard InChI is InChI=1S/C17H16Cl2N2/c1-20-10-13-4-2-3-12-7-8-21(17(12)13)11-14-9-15(18)5-6-16(14)19/h2-9,20H,10-11H2,1H3. The normalized spacial score (nSPS) is 11.2. The Labute approximate surface area is 134 Å². The molecule has 3 rings (SSSR count). The molecular weight excluding hydrogens is 303 g/mol. The first kappa shape index (κ1) is 14.5. The highest BCUT2D eigenvalue weighted by Crippen LogP contribution is 2.25. The van der Waals surface area contributed by atoms with Crippen LogP contribution in [0, 0.1) is 0 Å². The number of nitrogens with zero attached hydrogens (tertiary/aromatic N) is 1. The van der Waals surface area contributed by atoms with Crippen molar-refractivity contribution in [2.75, 3.05) is 7.05 Å². The van der Waals surface area contributed by atoms with Crippen LogP contribution in [0.4, 0.5) is 0 Å². The zero-order valence-electron chi connectivity index (χ0n) is 11.7. The van der Waals surface area contributed by atoms with Crippen LogP contribution in [0.25, 0.3) is 10.9 Å². The molecule has 0 fully saturated rings. The number of halogens is 2. The summed E-state index contributed by atoms with van der Waals surface area (Å²) in [5.41, 5.74) is 3.54. The van der Waals surface area contributed by atoms with Gasteiger partial charge in [-0.3, -0.25) is 0 Å². The van der Waals surface area contributed by atoms with Crippen molar-refractivity contribution in [3.8, 4) is 0 Å². The summed E-state index contributed by atoms with van der Waals surface area (Å²) in [5.74, 6) is 0. The fourth-order valence-corrected chi connectivity index (χ4v) is 3.03. The van der Waals surface area contributed by atoms with E-state index >= 15 is 0 Å². The van der Waals surface area contributed by atoms with Gasteiger partial charge in [0.05, 0.1) is 5.52 Å². The second-order valence-corrected chi connectivity index (χ2v) is 5.91. The Kier molecular flexibility index (Phi) is 4.20. The summed E-state index contributed by atoms with van der Waals surface area (Å²) >= 11 is 12.4. The molecule has 0 radical (unpaired) electrons. The first-order valence-electron chi connectivity index (χ1n) is 6.84. The summed E-state index contributed by atoms with van der Waals surface area (Å²) in [6.45, 7) is 1.55. The van der Waals surface area contributed by atoms with E-state index in [4.69, 9.17) is 23.2 Å². The summed E-state index contributed by atoms with van der Waals surface area (Å²) in [4.78, 5) is 0. The zero-order valence-corrected chi connectivity index (χ0v) is 13.2. The molecule has 0 aliphatic rings. The van der Waals surface area contributed by atoms with Gasteiger partial charge in [0.15, 0.2) is 0 Å². The molecule has 4 heteroatoms. The molecule has 3 aromatic rings. The summed E-state index contributed by atoms with van der Waals surface area (Å²) in [7, 11) is 1.96. The number of hydrogen-bond acceptors (Lipinski definition) is 1. The van der Waals surface area contributed by atoms with E-state index in [2.05, 4.69) is 40.3 Å². The molecule has 0 unspecified atom stereocenters. The van der Waals surface area contributed by atoms with Gasteiger partial charge in [-0.2, -0.15) is 0 Å². The van der Waals surface area contributed by atoms with Crippen molar-refractivity contribution in [3.05, 3.63) is 69.8 Å². The van der Waals surface area contributed by atoms with Crippen LogP contribution in [0.3, 0.4) is 0 Å². The Balaban J connectivity index is 2.06. The summed E-state index contributed by atoms with van der Waals surface area (Å²) < 4.78 is 2.22. The third-order valence-corrected chi connectivity index (χ3v) is 4.19. The second-order valence-electron chi connectivity index (χ2n) is 5.06. The fraction of sp³-hybridized carbons (Fsp3) is 0.176. The van der Waals surface area contributed by atoms with Crippen LogP contribution in [-0.2, 0) is 13.1 Å². The predicted molar refractivity (Wildman–Crippen MR) is 90.3 cm³/mol. The number of rotatable bonds is 4. The van der Waals surface area contributed by atoms with E-state index in [-0.39, 0.29) is 0 Å². The lowest BCUT2D eigenvalue weighted by Gasteiger charge is -2.11. The van der Waals surface area contributed by atoms with Gasteiger partial charge >= 0.3 is 0 Å². The van der Waals surface area contributed by atoms with Gasteiger partial charge < -0.3 is 9.88 Å². The van der Waals surface area contributed by atoms with Gasteiger partial charge in [-0.25, -0.2) is 0 Å². The highest BCUT2D eigenvalue weighted by atomic mass is 35.5. The molecule has 0 saturated heterocycles. The molecule has 0 aliphatic heterocycles. The van der Waals surface area contributed by atoms with Crippen LogP contribution in [0.5, 0.6) is 0 Å². The van der Waals surface area contributed by atoms with Gasteiger partial charge in [-0.1, -0.05) is 41.4 Å². The quantitative estimate of drug-likeness (QED) is 0.736. The van der Waals surface area contributed by atoms with Crippen molar-refractivity contribution >= 4 is 34.1 Å². The summed E-state index contributed by atoms with van der Waals surface area (Å²) in [5, 5.41) is 5.91. The topological polar surface area (TPSA) is 17.0 Å². The van der Waals surface area contributed by atoms with E-state index < -0.39 is 0 Å². The molecule has 0 bridgehead atoms. The largest absolute Gasteiger partial charge is 0.343 e. The average Bonchev–Trinajstić information content (AvgIpc) is 2.88. The highest BCUT2D eigenvalue weighted by Gasteiger charge is 2.08. The molecule has 1 aromatic heterocycles. The molecule has 0 aliphatic carbocycles. The second kappa shape index (κ2) is 6.10. The molecular formula is C17H16Cl2N2. The Bertz CT molecular complexity index is 778. The first-order valence-corrected chi connectivity index (χ1v) is 7.60. The molecule has 2 nitrogen and oxygen atoms in total. The van der Waals surface area contributed by atoms with Gasteiger partial charge in [-0.05, 0) is 47.8 Å². The number of nitrogens with one attached hydrogen (secondary N) is 1. The molecule has 0 saturated carbocycles. The lowest BCUT2D eigenvalue weighted by Crippen LogP contribution is -2.08. The van der Waals surface area contributed by atoms with Gasteiger partial charge in [0.2, 0.25) is 0 Å². The summed E-state index contributed by atoms with van der Waals surface area (Å²) in [6, 6.07) is 14.1. The van der Waals surface area contributed by atoms with Gasteiger partial charge in [0.25, 0.3) is 0 Å². The van der Waals surface area contributed by atoms with Crippen LogP contribution >= 0.6 is 23.2 Å². The molecule has 21 heavy (non-hydrogen) atoms. The monoisotopic (exact) mass is 318 g/mol.